The normalized spacial score (nSPS) is 11.8. The number of amides is 1. The molecule has 0 unspecified atom stereocenters. The number of hydrogen-bond donors (Lipinski definition) is 1. The molecule has 1 amide bonds. The minimum Gasteiger partial charge on any atom is -0.497 e. The van der Waals surface area contributed by atoms with Gasteiger partial charge in [0.05, 0.1) is 26.1 Å². The minimum absolute atomic E-state index is 0.137. The van der Waals surface area contributed by atoms with Crippen LogP contribution in [0.3, 0.4) is 0 Å². The zero-order valence-electron chi connectivity index (χ0n) is 21.0. The van der Waals surface area contributed by atoms with Crippen molar-refractivity contribution in [2.45, 2.75) is 47.1 Å². The van der Waals surface area contributed by atoms with Crippen molar-refractivity contribution in [3.05, 3.63) is 53.8 Å². The summed E-state index contributed by atoms with van der Waals surface area (Å²) in [5.41, 5.74) is 5.33. The Hall–Kier alpha value is -3.25. The van der Waals surface area contributed by atoms with Crippen molar-refractivity contribution in [1.82, 2.24) is 5.32 Å². The van der Waals surface area contributed by atoms with Crippen molar-refractivity contribution >= 4 is 22.4 Å². The molecule has 1 heterocycles. The average Bonchev–Trinajstić information content (AvgIpc) is 3.24. The molecule has 0 bridgehead atoms. The van der Waals surface area contributed by atoms with Crippen LogP contribution in [0, 0.1) is 6.92 Å². The van der Waals surface area contributed by atoms with Crippen LogP contribution in [0.5, 0.6) is 11.5 Å². The Morgan fingerprint density at radius 2 is 2.03 bits per heavy atom. The fourth-order valence-electron chi connectivity index (χ4n) is 3.88. The van der Waals surface area contributed by atoms with E-state index in [2.05, 4.69) is 5.32 Å². The average molecular weight is 466 g/mol. The van der Waals surface area contributed by atoms with Gasteiger partial charge in [0.25, 0.3) is 0 Å². The van der Waals surface area contributed by atoms with Gasteiger partial charge in [0.15, 0.2) is 0 Å². The highest BCUT2D eigenvalue weighted by Crippen LogP contribution is 2.41. The van der Waals surface area contributed by atoms with Crippen molar-refractivity contribution in [3.63, 3.8) is 0 Å². The van der Waals surface area contributed by atoms with E-state index in [1.54, 1.807) is 19.4 Å². The highest BCUT2D eigenvalue weighted by Gasteiger charge is 2.19. The number of nitrogens with one attached hydrogen (secondary N) is 1. The van der Waals surface area contributed by atoms with Crippen LogP contribution in [0.25, 0.3) is 27.7 Å². The van der Waals surface area contributed by atoms with E-state index >= 15 is 0 Å². The maximum absolute atomic E-state index is 12.5. The first kappa shape index (κ1) is 25.4. The van der Waals surface area contributed by atoms with E-state index in [0.717, 1.165) is 56.7 Å². The van der Waals surface area contributed by atoms with E-state index in [4.69, 9.17) is 18.6 Å². The van der Waals surface area contributed by atoms with E-state index in [1.807, 2.05) is 65.0 Å². The summed E-state index contributed by atoms with van der Waals surface area (Å²) >= 11 is 0. The fraction of sp³-hybridized carbons (Fsp3) is 0.393. The second kappa shape index (κ2) is 11.7. The van der Waals surface area contributed by atoms with Crippen LogP contribution in [0.15, 0.2) is 47.1 Å². The number of furan rings is 1. The van der Waals surface area contributed by atoms with Crippen LogP contribution in [-0.4, -0.2) is 38.9 Å². The maximum Gasteiger partial charge on any atom is 0.244 e. The first-order chi connectivity index (χ1) is 16.3. The summed E-state index contributed by atoms with van der Waals surface area (Å²) in [7, 11) is 1.65. The van der Waals surface area contributed by atoms with Gasteiger partial charge in [-0.15, -0.1) is 0 Å². The molecule has 2 aromatic carbocycles. The third-order valence-electron chi connectivity index (χ3n) is 5.56. The smallest absolute Gasteiger partial charge is 0.244 e. The third-order valence-corrected chi connectivity index (χ3v) is 5.56. The molecule has 1 aromatic heterocycles. The molecule has 0 spiro atoms. The largest absolute Gasteiger partial charge is 0.497 e. The van der Waals surface area contributed by atoms with Crippen LogP contribution >= 0.6 is 0 Å². The molecule has 0 saturated heterocycles. The molecule has 0 radical (unpaired) electrons. The lowest BCUT2D eigenvalue weighted by atomic mass is 9.96. The Balaban J connectivity index is 1.94. The molecule has 0 aliphatic carbocycles. The molecular weight excluding hydrogens is 430 g/mol. The first-order valence-corrected chi connectivity index (χ1v) is 11.8. The Bertz CT molecular complexity index is 1160. The van der Waals surface area contributed by atoms with Gasteiger partial charge in [-0.1, -0.05) is 12.1 Å². The monoisotopic (exact) mass is 465 g/mol. The standard InChI is InChI=1S/C28H35NO5/c1-7-32-27-20(5)28-24(25(17-34-28)21-10-8-11-22(15-21)31-6)16-23(27)19(4)14-26(30)29-12-9-13-33-18(2)3/h8,10-11,14-18H,7,9,12-13H2,1-6H3,(H,29,30)/b19-14+. The number of rotatable bonds is 11. The van der Waals surface area contributed by atoms with Gasteiger partial charge in [0, 0.05) is 41.3 Å². The maximum atomic E-state index is 12.5. The number of carbonyl (C=O) groups excluding carboxylic acids is 1. The second-order valence-electron chi connectivity index (χ2n) is 8.46. The summed E-state index contributed by atoms with van der Waals surface area (Å²) in [6.07, 6.45) is 4.34. The molecule has 0 aliphatic heterocycles. The molecule has 0 aliphatic rings. The lowest BCUT2D eigenvalue weighted by Gasteiger charge is -2.15. The van der Waals surface area contributed by atoms with Gasteiger partial charge in [0.2, 0.25) is 5.91 Å². The molecular formula is C28H35NO5. The molecule has 6 nitrogen and oxygen atoms in total. The zero-order valence-corrected chi connectivity index (χ0v) is 21.0. The number of hydrogen-bond acceptors (Lipinski definition) is 5. The fourth-order valence-corrected chi connectivity index (χ4v) is 3.88. The topological polar surface area (TPSA) is 69.9 Å². The molecule has 0 saturated carbocycles. The number of carbonyl (C=O) groups is 1. The second-order valence-corrected chi connectivity index (χ2v) is 8.46. The predicted octanol–water partition coefficient (Wildman–Crippen LogP) is 6.15. The van der Waals surface area contributed by atoms with Crippen molar-refractivity contribution in [2.24, 2.45) is 0 Å². The molecule has 6 heteroatoms. The van der Waals surface area contributed by atoms with Crippen molar-refractivity contribution < 1.29 is 23.4 Å². The summed E-state index contributed by atoms with van der Waals surface area (Å²) < 4.78 is 22.9. The number of methoxy groups -OCH3 is 1. The van der Waals surface area contributed by atoms with E-state index < -0.39 is 0 Å². The van der Waals surface area contributed by atoms with Crippen molar-refractivity contribution in [2.75, 3.05) is 26.9 Å². The van der Waals surface area contributed by atoms with Gasteiger partial charge in [-0.25, -0.2) is 0 Å². The van der Waals surface area contributed by atoms with Gasteiger partial charge in [-0.05, 0) is 70.4 Å². The van der Waals surface area contributed by atoms with E-state index in [0.29, 0.717) is 19.8 Å². The van der Waals surface area contributed by atoms with Crippen molar-refractivity contribution in [1.29, 1.82) is 0 Å². The zero-order chi connectivity index (χ0) is 24.7. The number of benzene rings is 2. The Morgan fingerprint density at radius 1 is 1.24 bits per heavy atom. The summed E-state index contributed by atoms with van der Waals surface area (Å²) in [4.78, 5) is 12.5. The van der Waals surface area contributed by atoms with E-state index in [9.17, 15) is 4.79 Å². The molecule has 182 valence electrons. The molecule has 3 rings (SSSR count). The van der Waals surface area contributed by atoms with Gasteiger partial charge in [-0.3, -0.25) is 4.79 Å². The Labute approximate surface area is 201 Å². The van der Waals surface area contributed by atoms with Gasteiger partial charge < -0.3 is 23.9 Å². The minimum atomic E-state index is -0.137. The SMILES string of the molecule is CCOc1c(/C(C)=C/C(=O)NCCCOC(C)C)cc2c(-c3cccc(OC)c3)coc2c1C. The third kappa shape index (κ3) is 6.00. The lowest BCUT2D eigenvalue weighted by Crippen LogP contribution is -2.23. The van der Waals surface area contributed by atoms with Gasteiger partial charge in [-0.2, -0.15) is 0 Å². The number of fused-ring (bicyclic) bond motifs is 1. The highest BCUT2D eigenvalue weighted by molar-refractivity contribution is 6.01. The van der Waals surface area contributed by atoms with Crippen LogP contribution < -0.4 is 14.8 Å². The summed E-state index contributed by atoms with van der Waals surface area (Å²) in [6, 6.07) is 9.92. The summed E-state index contributed by atoms with van der Waals surface area (Å²) in [5.74, 6) is 1.37. The molecule has 34 heavy (non-hydrogen) atoms. The quantitative estimate of drug-likeness (QED) is 0.272. The Kier molecular flexibility index (Phi) is 8.77. The van der Waals surface area contributed by atoms with Crippen LogP contribution in [0.2, 0.25) is 0 Å². The van der Waals surface area contributed by atoms with E-state index in [1.165, 1.54) is 0 Å². The molecule has 3 aromatic rings. The number of allylic oxidation sites excluding steroid dienone is 1. The van der Waals surface area contributed by atoms with Gasteiger partial charge >= 0.3 is 0 Å². The molecule has 0 atom stereocenters. The van der Waals surface area contributed by atoms with Crippen LogP contribution in [0.4, 0.5) is 0 Å². The van der Waals surface area contributed by atoms with Gasteiger partial charge in [0.1, 0.15) is 17.1 Å². The van der Waals surface area contributed by atoms with Crippen LogP contribution in [-0.2, 0) is 9.53 Å². The highest BCUT2D eigenvalue weighted by atomic mass is 16.5. The Morgan fingerprint density at radius 3 is 2.74 bits per heavy atom. The summed E-state index contributed by atoms with van der Waals surface area (Å²) in [6.45, 7) is 11.6. The number of ether oxygens (including phenoxy) is 3. The summed E-state index contributed by atoms with van der Waals surface area (Å²) in [5, 5.41) is 3.90. The molecule has 0 fully saturated rings. The number of aryl methyl sites for hydroxylation is 1. The van der Waals surface area contributed by atoms with Crippen LogP contribution in [0.1, 0.15) is 45.2 Å². The first-order valence-electron chi connectivity index (χ1n) is 11.8. The van der Waals surface area contributed by atoms with E-state index in [-0.39, 0.29) is 12.0 Å². The predicted molar refractivity (Wildman–Crippen MR) is 136 cm³/mol. The van der Waals surface area contributed by atoms with Crippen molar-refractivity contribution in [3.8, 4) is 22.6 Å². The lowest BCUT2D eigenvalue weighted by molar-refractivity contribution is -0.116. The molecule has 1 N–H and O–H groups in total.